The molecule has 18 heavy (non-hydrogen) atoms. The molecule has 98 valence electrons. The lowest BCUT2D eigenvalue weighted by Gasteiger charge is -2.15. The Balaban J connectivity index is 1.76. The van der Waals surface area contributed by atoms with Crippen LogP contribution in [0, 0.1) is 0 Å². The van der Waals surface area contributed by atoms with Crippen molar-refractivity contribution in [1.82, 2.24) is 25.2 Å². The highest BCUT2D eigenvalue weighted by molar-refractivity contribution is 7.07. The summed E-state index contributed by atoms with van der Waals surface area (Å²) in [5, 5.41) is 15.6. The van der Waals surface area contributed by atoms with Gasteiger partial charge in [-0.1, -0.05) is 5.21 Å². The van der Waals surface area contributed by atoms with E-state index in [0.717, 1.165) is 31.9 Å². The topological polar surface area (TPSA) is 46.0 Å². The Morgan fingerprint density at radius 1 is 1.50 bits per heavy atom. The van der Waals surface area contributed by atoms with Crippen LogP contribution in [-0.4, -0.2) is 40.5 Å². The van der Waals surface area contributed by atoms with Crippen LogP contribution in [0.5, 0.6) is 0 Å². The number of rotatable bonds is 7. The molecule has 0 saturated heterocycles. The molecule has 0 bridgehead atoms. The van der Waals surface area contributed by atoms with Gasteiger partial charge in [0.2, 0.25) is 0 Å². The van der Waals surface area contributed by atoms with E-state index in [1.54, 1.807) is 11.3 Å². The van der Waals surface area contributed by atoms with Gasteiger partial charge in [-0.3, -0.25) is 4.68 Å². The van der Waals surface area contributed by atoms with E-state index in [1.807, 2.05) is 17.9 Å². The predicted molar refractivity (Wildman–Crippen MR) is 73.4 cm³/mol. The molecular weight excluding hydrogens is 246 g/mol. The summed E-state index contributed by atoms with van der Waals surface area (Å²) in [7, 11) is 4.04. The van der Waals surface area contributed by atoms with Gasteiger partial charge in [0, 0.05) is 25.8 Å². The average molecular weight is 265 g/mol. The maximum absolute atomic E-state index is 4.11. The summed E-state index contributed by atoms with van der Waals surface area (Å²) >= 11 is 1.74. The standard InChI is InChI=1S/C12H19N5S/c1-13-7-12-9-17(15-14-12)5-4-16(2)8-11-3-6-18-10-11/h3,6,9-10,13H,4-5,7-8H2,1-2H3. The highest BCUT2D eigenvalue weighted by atomic mass is 32.1. The van der Waals surface area contributed by atoms with Gasteiger partial charge in [0.1, 0.15) is 0 Å². The van der Waals surface area contributed by atoms with Crippen molar-refractivity contribution in [2.24, 2.45) is 0 Å². The number of aromatic nitrogens is 3. The van der Waals surface area contributed by atoms with Gasteiger partial charge in [0.25, 0.3) is 0 Å². The van der Waals surface area contributed by atoms with E-state index in [9.17, 15) is 0 Å². The average Bonchev–Trinajstić information content (AvgIpc) is 2.99. The first-order valence-electron chi connectivity index (χ1n) is 6.01. The SMILES string of the molecule is CNCc1cn(CCN(C)Cc2ccsc2)nn1. The fraction of sp³-hybridized carbons (Fsp3) is 0.500. The Kier molecular flexibility index (Phi) is 4.86. The summed E-state index contributed by atoms with van der Waals surface area (Å²) in [6, 6.07) is 2.17. The molecule has 2 aromatic heterocycles. The minimum absolute atomic E-state index is 0.769. The lowest BCUT2D eigenvalue weighted by Crippen LogP contribution is -2.22. The van der Waals surface area contributed by atoms with Gasteiger partial charge < -0.3 is 10.2 Å². The summed E-state index contributed by atoms with van der Waals surface area (Å²) in [4.78, 5) is 2.29. The van der Waals surface area contributed by atoms with E-state index in [-0.39, 0.29) is 0 Å². The second-order valence-electron chi connectivity index (χ2n) is 4.37. The number of nitrogens with zero attached hydrogens (tertiary/aromatic N) is 4. The monoisotopic (exact) mass is 265 g/mol. The lowest BCUT2D eigenvalue weighted by atomic mass is 10.3. The minimum atomic E-state index is 0.769. The molecule has 0 aliphatic heterocycles. The fourth-order valence-electron chi connectivity index (χ4n) is 1.76. The largest absolute Gasteiger partial charge is 0.314 e. The fourth-order valence-corrected chi connectivity index (χ4v) is 2.42. The first-order chi connectivity index (χ1) is 8.78. The van der Waals surface area contributed by atoms with Gasteiger partial charge in [-0.2, -0.15) is 11.3 Å². The van der Waals surface area contributed by atoms with Crippen molar-refractivity contribution >= 4 is 11.3 Å². The summed E-state index contributed by atoms with van der Waals surface area (Å²) in [5.74, 6) is 0. The van der Waals surface area contributed by atoms with Crippen molar-refractivity contribution in [1.29, 1.82) is 0 Å². The van der Waals surface area contributed by atoms with E-state index in [0.29, 0.717) is 0 Å². The second kappa shape index (κ2) is 6.63. The molecule has 0 radical (unpaired) electrons. The number of thiophene rings is 1. The number of hydrogen-bond donors (Lipinski definition) is 1. The Bertz CT molecular complexity index is 451. The summed E-state index contributed by atoms with van der Waals surface area (Å²) in [6.07, 6.45) is 1.99. The number of likely N-dealkylation sites (N-methyl/N-ethyl adjacent to an activating group) is 1. The van der Waals surface area contributed by atoms with Crippen LogP contribution in [0.15, 0.2) is 23.0 Å². The van der Waals surface area contributed by atoms with Crippen molar-refractivity contribution in [2.45, 2.75) is 19.6 Å². The zero-order valence-electron chi connectivity index (χ0n) is 10.8. The highest BCUT2D eigenvalue weighted by Gasteiger charge is 2.03. The predicted octanol–water partition coefficient (Wildman–Crippen LogP) is 1.19. The normalized spacial score (nSPS) is 11.3. The zero-order valence-corrected chi connectivity index (χ0v) is 11.7. The molecular formula is C12H19N5S. The maximum Gasteiger partial charge on any atom is 0.0964 e. The molecule has 0 unspecified atom stereocenters. The van der Waals surface area contributed by atoms with E-state index < -0.39 is 0 Å². The quantitative estimate of drug-likeness (QED) is 0.817. The molecule has 1 N–H and O–H groups in total. The van der Waals surface area contributed by atoms with E-state index in [4.69, 9.17) is 0 Å². The third kappa shape index (κ3) is 3.90. The van der Waals surface area contributed by atoms with Crippen molar-refractivity contribution in [2.75, 3.05) is 20.6 Å². The van der Waals surface area contributed by atoms with Crippen molar-refractivity contribution < 1.29 is 0 Å². The molecule has 0 aromatic carbocycles. The smallest absolute Gasteiger partial charge is 0.0964 e. The first-order valence-corrected chi connectivity index (χ1v) is 6.95. The van der Waals surface area contributed by atoms with Gasteiger partial charge in [-0.05, 0) is 36.5 Å². The molecule has 0 saturated carbocycles. The van der Waals surface area contributed by atoms with E-state index in [2.05, 4.69) is 44.4 Å². The lowest BCUT2D eigenvalue weighted by molar-refractivity contribution is 0.304. The van der Waals surface area contributed by atoms with Crippen LogP contribution >= 0.6 is 11.3 Å². The molecule has 0 fully saturated rings. The van der Waals surface area contributed by atoms with Crippen LogP contribution < -0.4 is 5.32 Å². The Morgan fingerprint density at radius 2 is 2.39 bits per heavy atom. The van der Waals surface area contributed by atoms with E-state index in [1.165, 1.54) is 5.56 Å². The first kappa shape index (κ1) is 13.2. The molecule has 0 aliphatic carbocycles. The molecule has 0 aliphatic rings. The van der Waals surface area contributed by atoms with Crippen LogP contribution in [0.25, 0.3) is 0 Å². The molecule has 2 heterocycles. The molecule has 6 heteroatoms. The molecule has 0 spiro atoms. The van der Waals surface area contributed by atoms with Crippen molar-refractivity contribution in [3.63, 3.8) is 0 Å². The molecule has 0 amide bonds. The van der Waals surface area contributed by atoms with Crippen LogP contribution in [0.2, 0.25) is 0 Å². The van der Waals surface area contributed by atoms with Gasteiger partial charge in [0.05, 0.1) is 12.2 Å². The number of nitrogens with one attached hydrogen (secondary N) is 1. The number of hydrogen-bond acceptors (Lipinski definition) is 5. The molecule has 2 rings (SSSR count). The Labute approximate surface area is 111 Å². The zero-order chi connectivity index (χ0) is 12.8. The molecule has 0 atom stereocenters. The molecule has 2 aromatic rings. The van der Waals surface area contributed by atoms with Gasteiger partial charge in [0.15, 0.2) is 0 Å². The van der Waals surface area contributed by atoms with Crippen LogP contribution in [0.3, 0.4) is 0 Å². The Morgan fingerprint density at radius 3 is 3.11 bits per heavy atom. The summed E-state index contributed by atoms with van der Waals surface area (Å²) < 4.78 is 1.90. The maximum atomic E-state index is 4.11. The van der Waals surface area contributed by atoms with Gasteiger partial charge in [-0.25, -0.2) is 0 Å². The van der Waals surface area contributed by atoms with Crippen LogP contribution in [0.4, 0.5) is 0 Å². The van der Waals surface area contributed by atoms with Crippen molar-refractivity contribution in [3.05, 3.63) is 34.3 Å². The summed E-state index contributed by atoms with van der Waals surface area (Å²) in [6.45, 7) is 3.60. The van der Waals surface area contributed by atoms with Crippen molar-refractivity contribution in [3.8, 4) is 0 Å². The highest BCUT2D eigenvalue weighted by Crippen LogP contribution is 2.08. The van der Waals surface area contributed by atoms with E-state index >= 15 is 0 Å². The minimum Gasteiger partial charge on any atom is -0.314 e. The molecule has 5 nitrogen and oxygen atoms in total. The van der Waals surface area contributed by atoms with Crippen LogP contribution in [0.1, 0.15) is 11.3 Å². The van der Waals surface area contributed by atoms with Gasteiger partial charge >= 0.3 is 0 Å². The van der Waals surface area contributed by atoms with Gasteiger partial charge in [-0.15, -0.1) is 5.10 Å². The third-order valence-electron chi connectivity index (χ3n) is 2.69. The van der Waals surface area contributed by atoms with Crippen LogP contribution in [-0.2, 0) is 19.6 Å². The Hall–Kier alpha value is -1.24. The summed E-state index contributed by atoms with van der Waals surface area (Å²) in [5.41, 5.74) is 2.36. The third-order valence-corrected chi connectivity index (χ3v) is 3.42. The second-order valence-corrected chi connectivity index (χ2v) is 5.15.